The van der Waals surface area contributed by atoms with Gasteiger partial charge in [0.2, 0.25) is 0 Å². The number of halogens is 6. The average Bonchev–Trinajstić information content (AvgIpc) is 2.36. The van der Waals surface area contributed by atoms with Gasteiger partial charge in [0.25, 0.3) is 0 Å². The van der Waals surface area contributed by atoms with E-state index in [1.54, 1.807) is 0 Å². The predicted octanol–water partition coefficient (Wildman–Crippen LogP) is 2.66. The first kappa shape index (κ1) is 19.3. The van der Waals surface area contributed by atoms with Crippen LogP contribution in [0.3, 0.4) is 0 Å². The van der Waals surface area contributed by atoms with Gasteiger partial charge in [-0.2, -0.15) is 43.2 Å². The molecule has 0 saturated carbocycles. The summed E-state index contributed by atoms with van der Waals surface area (Å²) in [7, 11) is -13.8. The summed E-state index contributed by atoms with van der Waals surface area (Å²) in [5.74, 6) is 0. The quantitative estimate of drug-likeness (QED) is 0.750. The minimum atomic E-state index is -6.90. The van der Waals surface area contributed by atoms with Crippen molar-refractivity contribution < 1.29 is 43.2 Å². The van der Waals surface area contributed by atoms with E-state index in [4.69, 9.17) is 0 Å². The van der Waals surface area contributed by atoms with Crippen LogP contribution in [0.25, 0.3) is 5.70 Å². The third-order valence-electron chi connectivity index (χ3n) is 2.35. The van der Waals surface area contributed by atoms with Crippen LogP contribution in [0.4, 0.5) is 26.3 Å². The smallest absolute Gasteiger partial charge is 0.196 e. The molecule has 130 valence electrons. The normalized spacial score (nSPS) is 13.7. The summed E-state index contributed by atoms with van der Waals surface area (Å²) in [4.78, 5) is 0. The maximum Gasteiger partial charge on any atom is 0.517 e. The first-order chi connectivity index (χ1) is 10.1. The molecule has 0 heterocycles. The van der Waals surface area contributed by atoms with Crippen molar-refractivity contribution in [1.29, 1.82) is 0 Å². The monoisotopic (exact) mass is 383 g/mol. The minimum Gasteiger partial charge on any atom is -0.196 e. The fraction of sp³-hybridized carbons (Fsp3) is 0.200. The van der Waals surface area contributed by atoms with E-state index in [9.17, 15) is 43.2 Å². The summed E-state index contributed by atoms with van der Waals surface area (Å²) in [6, 6.07) is 5.39. The number of alkyl halides is 6. The van der Waals surface area contributed by atoms with Gasteiger partial charge in [0.1, 0.15) is 0 Å². The third-order valence-corrected chi connectivity index (χ3v) is 6.01. The Kier molecular flexibility index (Phi) is 4.78. The van der Waals surface area contributed by atoms with E-state index in [2.05, 4.69) is 6.58 Å². The summed E-state index contributed by atoms with van der Waals surface area (Å²) in [6.45, 7) is 2.75. The Bertz CT molecular complexity index is 752. The van der Waals surface area contributed by atoms with Crippen molar-refractivity contribution in [2.75, 3.05) is 0 Å². The molecule has 0 aliphatic heterocycles. The van der Waals surface area contributed by atoms with Gasteiger partial charge < -0.3 is 0 Å². The van der Waals surface area contributed by atoms with E-state index in [0.29, 0.717) is 0 Å². The highest BCUT2D eigenvalue weighted by molar-refractivity contribution is 8.05. The molecule has 0 unspecified atom stereocenters. The first-order valence-corrected chi connectivity index (χ1v) is 8.19. The van der Waals surface area contributed by atoms with Crippen LogP contribution >= 0.6 is 0 Å². The van der Waals surface area contributed by atoms with E-state index < -0.39 is 46.0 Å². The van der Waals surface area contributed by atoms with Crippen molar-refractivity contribution in [2.24, 2.45) is 0 Å². The van der Waals surface area contributed by atoms with Crippen LogP contribution < -0.4 is 0 Å². The predicted molar refractivity (Wildman–Crippen MR) is 67.3 cm³/mol. The summed E-state index contributed by atoms with van der Waals surface area (Å²) in [5.41, 5.74) is -14.7. The van der Waals surface area contributed by atoms with Gasteiger partial charge in [0.15, 0.2) is 0 Å². The molecule has 1 rings (SSSR count). The van der Waals surface area contributed by atoms with Crippen LogP contribution in [-0.2, 0) is 20.0 Å². The molecule has 0 bridgehead atoms. The van der Waals surface area contributed by atoms with E-state index in [-0.39, 0.29) is 0 Å². The number of nitrogens with zero attached hydrogens (tertiary/aromatic N) is 1. The standard InChI is InChI=1S/C10H7F6NO4S2/c1-7(8-5-3-2-4-6-8)17(22(18,19)9(11,12)13)23(20,21)10(14,15)16/h2-6H,1H2. The van der Waals surface area contributed by atoms with E-state index in [1.807, 2.05) is 0 Å². The third kappa shape index (κ3) is 3.44. The Morgan fingerprint density at radius 1 is 0.826 bits per heavy atom. The van der Waals surface area contributed by atoms with E-state index in [0.717, 1.165) is 24.3 Å². The number of hydrogen-bond donors (Lipinski definition) is 0. The highest BCUT2D eigenvalue weighted by Gasteiger charge is 2.62. The van der Waals surface area contributed by atoms with Gasteiger partial charge in [-0.3, -0.25) is 0 Å². The molecular formula is C10H7F6NO4S2. The molecule has 0 N–H and O–H groups in total. The topological polar surface area (TPSA) is 71.5 Å². The molecule has 0 spiro atoms. The Balaban J connectivity index is 3.69. The first-order valence-electron chi connectivity index (χ1n) is 5.31. The van der Waals surface area contributed by atoms with Gasteiger partial charge in [-0.25, -0.2) is 0 Å². The molecule has 0 aromatic heterocycles. The molecule has 0 radical (unpaired) electrons. The molecule has 13 heteroatoms. The second-order valence-corrected chi connectivity index (χ2v) is 7.70. The molecule has 1 aromatic rings. The molecule has 0 aliphatic rings. The maximum atomic E-state index is 12.6. The fourth-order valence-corrected chi connectivity index (χ4v) is 4.05. The van der Waals surface area contributed by atoms with Crippen LogP contribution in [0.1, 0.15) is 5.56 Å². The van der Waals surface area contributed by atoms with Crippen molar-refractivity contribution in [3.8, 4) is 0 Å². The van der Waals surface area contributed by atoms with Crippen LogP contribution in [0.2, 0.25) is 0 Å². The zero-order chi connectivity index (χ0) is 18.3. The summed E-state index contributed by atoms with van der Waals surface area (Å²) < 4.78 is 119. The molecule has 0 fully saturated rings. The number of rotatable bonds is 4. The van der Waals surface area contributed by atoms with Crippen molar-refractivity contribution in [3.63, 3.8) is 0 Å². The molecule has 23 heavy (non-hydrogen) atoms. The largest absolute Gasteiger partial charge is 0.517 e. The van der Waals surface area contributed by atoms with Gasteiger partial charge in [-0.1, -0.05) is 36.9 Å². The van der Waals surface area contributed by atoms with Crippen LogP contribution in [-0.4, -0.2) is 31.6 Å². The summed E-state index contributed by atoms with van der Waals surface area (Å²) >= 11 is 0. The number of benzene rings is 1. The van der Waals surface area contributed by atoms with Crippen LogP contribution in [0, 0.1) is 0 Å². The second-order valence-electron chi connectivity index (χ2n) is 3.91. The fourth-order valence-electron chi connectivity index (χ4n) is 1.34. The Morgan fingerprint density at radius 2 is 1.17 bits per heavy atom. The molecule has 0 amide bonds. The lowest BCUT2D eigenvalue weighted by molar-refractivity contribution is -0.0513. The maximum absolute atomic E-state index is 12.6. The van der Waals surface area contributed by atoms with Crippen molar-refractivity contribution in [1.82, 2.24) is 3.71 Å². The molecular weight excluding hydrogens is 376 g/mol. The van der Waals surface area contributed by atoms with Crippen molar-refractivity contribution in [2.45, 2.75) is 11.0 Å². The highest BCUT2D eigenvalue weighted by atomic mass is 32.3. The zero-order valence-electron chi connectivity index (χ0n) is 10.8. The lowest BCUT2D eigenvalue weighted by Crippen LogP contribution is -2.47. The van der Waals surface area contributed by atoms with Gasteiger partial charge >= 0.3 is 31.1 Å². The average molecular weight is 383 g/mol. The number of sulfonamides is 2. The second kappa shape index (κ2) is 5.70. The molecule has 0 aliphatic carbocycles. The van der Waals surface area contributed by atoms with E-state index in [1.165, 1.54) is 6.07 Å². The van der Waals surface area contributed by atoms with Gasteiger partial charge in [0.05, 0.1) is 5.70 Å². The highest BCUT2D eigenvalue weighted by Crippen LogP contribution is 2.39. The van der Waals surface area contributed by atoms with Gasteiger partial charge in [-0.15, -0.1) is 3.71 Å². The van der Waals surface area contributed by atoms with Crippen LogP contribution in [0.15, 0.2) is 36.9 Å². The van der Waals surface area contributed by atoms with Gasteiger partial charge in [-0.05, 0) is 5.56 Å². The van der Waals surface area contributed by atoms with Gasteiger partial charge in [0, 0.05) is 0 Å². The Morgan fingerprint density at radius 3 is 1.48 bits per heavy atom. The molecule has 1 aromatic carbocycles. The number of hydrogen-bond acceptors (Lipinski definition) is 4. The molecule has 0 atom stereocenters. The van der Waals surface area contributed by atoms with Crippen LogP contribution in [0.5, 0.6) is 0 Å². The SMILES string of the molecule is C=C(c1ccccc1)N(S(=O)(=O)C(F)(F)F)S(=O)(=O)C(F)(F)F. The summed E-state index contributed by atoms with van der Waals surface area (Å²) in [6.07, 6.45) is 0. The van der Waals surface area contributed by atoms with Crippen molar-refractivity contribution >= 4 is 25.7 Å². The van der Waals surface area contributed by atoms with E-state index >= 15 is 0 Å². The molecule has 0 saturated heterocycles. The van der Waals surface area contributed by atoms with Crippen molar-refractivity contribution in [3.05, 3.63) is 42.5 Å². The summed E-state index contributed by atoms with van der Waals surface area (Å²) in [5, 5.41) is 0. The lowest BCUT2D eigenvalue weighted by Gasteiger charge is -2.27. The lowest BCUT2D eigenvalue weighted by atomic mass is 10.2. The minimum absolute atomic E-state index is 0.562. The zero-order valence-corrected chi connectivity index (χ0v) is 12.4. The molecule has 5 nitrogen and oxygen atoms in total. The Hall–Kier alpha value is -1.76. The Labute approximate surface area is 126 Å².